The van der Waals surface area contributed by atoms with Crippen LogP contribution in [-0.2, 0) is 0 Å². The number of rotatable bonds is 1. The van der Waals surface area contributed by atoms with Crippen LogP contribution in [0.3, 0.4) is 0 Å². The number of H-pyrrole nitrogens is 1. The monoisotopic (exact) mass is 243 g/mol. The van der Waals surface area contributed by atoms with Crippen LogP contribution in [0.2, 0.25) is 0 Å². The molecular formula is C7H6BrN3S. The highest BCUT2D eigenvalue weighted by Crippen LogP contribution is 2.28. The summed E-state index contributed by atoms with van der Waals surface area (Å²) in [6.45, 7) is 0. The molecule has 12 heavy (non-hydrogen) atoms. The van der Waals surface area contributed by atoms with Gasteiger partial charge in [-0.05, 0) is 22.0 Å². The number of nitrogen functional groups attached to an aromatic ring is 1. The van der Waals surface area contributed by atoms with E-state index >= 15 is 0 Å². The average Bonchev–Trinajstić information content (AvgIpc) is 2.58. The van der Waals surface area contributed by atoms with Crippen LogP contribution in [0.15, 0.2) is 22.1 Å². The van der Waals surface area contributed by atoms with Crippen molar-refractivity contribution in [3.8, 4) is 10.6 Å². The SMILES string of the molecule is Nc1ncc(-c2cc(Br)cs2)[nH]1. The van der Waals surface area contributed by atoms with Crippen molar-refractivity contribution in [3.63, 3.8) is 0 Å². The molecule has 2 rings (SSSR count). The van der Waals surface area contributed by atoms with E-state index in [4.69, 9.17) is 5.73 Å². The number of hydrogen-bond donors (Lipinski definition) is 2. The van der Waals surface area contributed by atoms with E-state index < -0.39 is 0 Å². The lowest BCUT2D eigenvalue weighted by Crippen LogP contribution is -1.84. The summed E-state index contributed by atoms with van der Waals surface area (Å²) in [5.41, 5.74) is 6.41. The van der Waals surface area contributed by atoms with Crippen molar-refractivity contribution in [3.05, 3.63) is 22.1 Å². The first-order valence-corrected chi connectivity index (χ1v) is 4.98. The van der Waals surface area contributed by atoms with Crippen LogP contribution in [0.5, 0.6) is 0 Å². The molecule has 0 saturated carbocycles. The number of nitrogens with one attached hydrogen (secondary N) is 1. The number of nitrogens with two attached hydrogens (primary N) is 1. The topological polar surface area (TPSA) is 54.7 Å². The van der Waals surface area contributed by atoms with Gasteiger partial charge in [0.15, 0.2) is 5.95 Å². The molecule has 2 aromatic heterocycles. The van der Waals surface area contributed by atoms with Crippen LogP contribution in [-0.4, -0.2) is 9.97 Å². The third kappa shape index (κ3) is 1.37. The molecule has 3 nitrogen and oxygen atoms in total. The zero-order valence-electron chi connectivity index (χ0n) is 6.04. The van der Waals surface area contributed by atoms with Gasteiger partial charge in [0.2, 0.25) is 0 Å². The molecule has 2 aromatic rings. The van der Waals surface area contributed by atoms with E-state index in [1.807, 2.05) is 11.4 Å². The van der Waals surface area contributed by atoms with Crippen LogP contribution in [0.1, 0.15) is 0 Å². The van der Waals surface area contributed by atoms with Crippen molar-refractivity contribution in [2.24, 2.45) is 0 Å². The maximum atomic E-state index is 5.45. The van der Waals surface area contributed by atoms with Crippen molar-refractivity contribution >= 4 is 33.2 Å². The molecule has 0 fully saturated rings. The lowest BCUT2D eigenvalue weighted by atomic mass is 10.4. The van der Waals surface area contributed by atoms with Crippen molar-refractivity contribution in [2.75, 3.05) is 5.73 Å². The number of anilines is 1. The van der Waals surface area contributed by atoms with Crippen molar-refractivity contribution < 1.29 is 0 Å². The summed E-state index contributed by atoms with van der Waals surface area (Å²) in [7, 11) is 0. The zero-order chi connectivity index (χ0) is 8.55. The average molecular weight is 244 g/mol. The Balaban J connectivity index is 2.43. The van der Waals surface area contributed by atoms with Gasteiger partial charge in [0.25, 0.3) is 0 Å². The fourth-order valence-electron chi connectivity index (χ4n) is 0.916. The molecule has 0 aromatic carbocycles. The summed E-state index contributed by atoms with van der Waals surface area (Å²) < 4.78 is 1.08. The quantitative estimate of drug-likeness (QED) is 0.809. The van der Waals surface area contributed by atoms with E-state index in [1.165, 1.54) is 0 Å². The number of imidazole rings is 1. The van der Waals surface area contributed by atoms with Crippen LogP contribution in [0.25, 0.3) is 10.6 Å². The zero-order valence-corrected chi connectivity index (χ0v) is 8.45. The Morgan fingerprint density at radius 3 is 2.92 bits per heavy atom. The largest absolute Gasteiger partial charge is 0.369 e. The molecule has 0 aliphatic carbocycles. The van der Waals surface area contributed by atoms with Gasteiger partial charge >= 0.3 is 0 Å². The first-order valence-electron chi connectivity index (χ1n) is 3.30. The molecular weight excluding hydrogens is 238 g/mol. The minimum Gasteiger partial charge on any atom is -0.369 e. The first kappa shape index (κ1) is 7.82. The normalized spacial score (nSPS) is 10.4. The third-order valence-electron chi connectivity index (χ3n) is 1.43. The van der Waals surface area contributed by atoms with E-state index in [0.29, 0.717) is 5.95 Å². The van der Waals surface area contributed by atoms with Gasteiger partial charge in [-0.25, -0.2) is 4.98 Å². The van der Waals surface area contributed by atoms with E-state index in [1.54, 1.807) is 17.5 Å². The number of thiophene rings is 1. The molecule has 0 radical (unpaired) electrons. The van der Waals surface area contributed by atoms with E-state index in [2.05, 4.69) is 25.9 Å². The molecule has 5 heteroatoms. The Hall–Kier alpha value is -0.810. The lowest BCUT2D eigenvalue weighted by Gasteiger charge is -1.87. The Kier molecular flexibility index (Phi) is 1.90. The smallest absolute Gasteiger partial charge is 0.197 e. The maximum Gasteiger partial charge on any atom is 0.197 e. The minimum atomic E-state index is 0.453. The predicted molar refractivity (Wildman–Crippen MR) is 54.0 cm³/mol. The highest BCUT2D eigenvalue weighted by Gasteiger charge is 2.02. The molecule has 0 amide bonds. The molecule has 0 spiro atoms. The van der Waals surface area contributed by atoms with Gasteiger partial charge in [0.05, 0.1) is 16.8 Å². The summed E-state index contributed by atoms with van der Waals surface area (Å²) in [6, 6.07) is 2.03. The van der Waals surface area contributed by atoms with Gasteiger partial charge in [0.1, 0.15) is 0 Å². The molecule has 0 unspecified atom stereocenters. The number of hydrogen-bond acceptors (Lipinski definition) is 3. The molecule has 0 bridgehead atoms. The summed E-state index contributed by atoms with van der Waals surface area (Å²) >= 11 is 5.02. The lowest BCUT2D eigenvalue weighted by molar-refractivity contribution is 1.33. The number of aromatic amines is 1. The molecule has 3 N–H and O–H groups in total. The summed E-state index contributed by atoms with van der Waals surface area (Å²) in [5, 5.41) is 2.02. The van der Waals surface area contributed by atoms with Gasteiger partial charge in [0, 0.05) is 9.85 Å². The van der Waals surface area contributed by atoms with Crippen LogP contribution in [0.4, 0.5) is 5.95 Å². The molecule has 0 aliphatic rings. The van der Waals surface area contributed by atoms with Crippen LogP contribution < -0.4 is 5.73 Å². The fraction of sp³-hybridized carbons (Fsp3) is 0. The Labute approximate surface area is 81.8 Å². The van der Waals surface area contributed by atoms with Gasteiger partial charge in [-0.2, -0.15) is 0 Å². The molecule has 0 aliphatic heterocycles. The highest BCUT2D eigenvalue weighted by atomic mass is 79.9. The summed E-state index contributed by atoms with van der Waals surface area (Å²) in [4.78, 5) is 8.01. The molecule has 62 valence electrons. The Morgan fingerprint density at radius 1 is 1.58 bits per heavy atom. The summed E-state index contributed by atoms with van der Waals surface area (Å²) in [5.74, 6) is 0.453. The van der Waals surface area contributed by atoms with E-state index in [0.717, 1.165) is 15.0 Å². The standard InChI is InChI=1S/C7H6BrN3S/c8-4-1-6(12-3-4)5-2-10-7(9)11-5/h1-3H,(H3,9,10,11). The number of aromatic nitrogens is 2. The predicted octanol–water partition coefficient (Wildman–Crippen LogP) is 2.48. The molecule has 2 heterocycles. The van der Waals surface area contributed by atoms with Gasteiger partial charge in [-0.15, -0.1) is 11.3 Å². The Morgan fingerprint density at radius 2 is 2.42 bits per heavy atom. The second-order valence-electron chi connectivity index (χ2n) is 2.31. The third-order valence-corrected chi connectivity index (χ3v) is 3.15. The van der Waals surface area contributed by atoms with Crippen molar-refractivity contribution in [1.29, 1.82) is 0 Å². The second-order valence-corrected chi connectivity index (χ2v) is 4.14. The summed E-state index contributed by atoms with van der Waals surface area (Å²) in [6.07, 6.45) is 1.73. The maximum absolute atomic E-state index is 5.45. The fourth-order valence-corrected chi connectivity index (χ4v) is 2.31. The van der Waals surface area contributed by atoms with Crippen molar-refractivity contribution in [2.45, 2.75) is 0 Å². The second kappa shape index (κ2) is 2.91. The van der Waals surface area contributed by atoms with Crippen molar-refractivity contribution in [1.82, 2.24) is 9.97 Å². The highest BCUT2D eigenvalue weighted by molar-refractivity contribution is 9.10. The number of halogens is 1. The number of nitrogens with zero attached hydrogens (tertiary/aromatic N) is 1. The minimum absolute atomic E-state index is 0.453. The van der Waals surface area contributed by atoms with E-state index in [9.17, 15) is 0 Å². The van der Waals surface area contributed by atoms with E-state index in [-0.39, 0.29) is 0 Å². The van der Waals surface area contributed by atoms with Crippen LogP contribution >= 0.6 is 27.3 Å². The van der Waals surface area contributed by atoms with Gasteiger partial charge < -0.3 is 10.7 Å². The molecule has 0 saturated heterocycles. The van der Waals surface area contributed by atoms with Gasteiger partial charge in [-0.1, -0.05) is 0 Å². The molecule has 0 atom stereocenters. The van der Waals surface area contributed by atoms with Gasteiger partial charge in [-0.3, -0.25) is 0 Å². The Bertz CT molecular complexity index is 355. The van der Waals surface area contributed by atoms with Crippen LogP contribution in [0, 0.1) is 0 Å². The first-order chi connectivity index (χ1) is 5.75.